The second-order valence-electron chi connectivity index (χ2n) is 5.18. The van der Waals surface area contributed by atoms with E-state index in [4.69, 9.17) is 4.74 Å². The molecule has 1 aliphatic rings. The summed E-state index contributed by atoms with van der Waals surface area (Å²) in [6.07, 6.45) is 1.27. The highest BCUT2D eigenvalue weighted by atomic mass is 32.2. The van der Waals surface area contributed by atoms with E-state index in [-0.39, 0.29) is 12.0 Å². The quantitative estimate of drug-likeness (QED) is 0.929. The molecule has 7 heteroatoms. The molecule has 1 aliphatic heterocycles. The van der Waals surface area contributed by atoms with Crippen LogP contribution in [-0.2, 0) is 0 Å². The summed E-state index contributed by atoms with van der Waals surface area (Å²) in [5.74, 6) is 2.58. The average Bonchev–Trinajstić information content (AvgIpc) is 3.10. The number of nitrogens with one attached hydrogen (secondary N) is 1. The molecule has 22 heavy (non-hydrogen) atoms. The van der Waals surface area contributed by atoms with Crippen LogP contribution in [0.2, 0.25) is 0 Å². The molecule has 5 nitrogen and oxygen atoms in total. The number of ether oxygens (including phenoxy) is 1. The molecule has 2 aromatic rings. The first-order valence-corrected chi connectivity index (χ1v) is 9.10. The van der Waals surface area contributed by atoms with Crippen molar-refractivity contribution in [1.82, 2.24) is 9.97 Å². The van der Waals surface area contributed by atoms with Gasteiger partial charge in [-0.15, -0.1) is 11.3 Å². The molecular weight excluding hydrogens is 318 g/mol. The van der Waals surface area contributed by atoms with Crippen LogP contribution in [0.25, 0.3) is 0 Å². The number of aryl methyl sites for hydroxylation is 2. The van der Waals surface area contributed by atoms with Crippen molar-refractivity contribution in [2.75, 3.05) is 16.8 Å². The minimum absolute atomic E-state index is 0.226. The number of anilines is 1. The van der Waals surface area contributed by atoms with Crippen molar-refractivity contribution in [3.8, 4) is 5.75 Å². The lowest BCUT2D eigenvalue weighted by Gasteiger charge is -2.13. The number of amides is 1. The Balaban J connectivity index is 1.74. The van der Waals surface area contributed by atoms with E-state index >= 15 is 0 Å². The van der Waals surface area contributed by atoms with Gasteiger partial charge in [-0.05, 0) is 26.0 Å². The van der Waals surface area contributed by atoms with Crippen LogP contribution in [-0.4, -0.2) is 33.5 Å². The fourth-order valence-electron chi connectivity index (χ4n) is 2.19. The van der Waals surface area contributed by atoms with Gasteiger partial charge in [0, 0.05) is 29.0 Å². The Morgan fingerprint density at radius 3 is 2.86 bits per heavy atom. The molecule has 1 N–H and O–H groups in total. The molecule has 0 aliphatic carbocycles. The second kappa shape index (κ2) is 6.66. The van der Waals surface area contributed by atoms with Gasteiger partial charge in [0.2, 0.25) is 0 Å². The van der Waals surface area contributed by atoms with Crippen LogP contribution in [0.15, 0.2) is 17.5 Å². The Labute approximate surface area is 137 Å². The SMILES string of the molecule is Cc1cc(OC2CCSC2)cc(C(=O)Nc2nc(C)cs2)n1. The van der Waals surface area contributed by atoms with Gasteiger partial charge in [-0.2, -0.15) is 11.8 Å². The number of thioether (sulfide) groups is 1. The van der Waals surface area contributed by atoms with Gasteiger partial charge in [0.1, 0.15) is 17.5 Å². The number of carbonyl (C=O) groups excluding carboxylic acids is 1. The molecular formula is C15H17N3O2S2. The molecule has 1 unspecified atom stereocenters. The maximum absolute atomic E-state index is 12.3. The van der Waals surface area contributed by atoms with Crippen molar-refractivity contribution >= 4 is 34.1 Å². The first-order valence-electron chi connectivity index (χ1n) is 7.07. The molecule has 3 rings (SSSR count). The monoisotopic (exact) mass is 335 g/mol. The third kappa shape index (κ3) is 3.78. The van der Waals surface area contributed by atoms with E-state index < -0.39 is 0 Å². The van der Waals surface area contributed by atoms with Gasteiger partial charge in [-0.3, -0.25) is 10.1 Å². The highest BCUT2D eigenvalue weighted by molar-refractivity contribution is 7.99. The van der Waals surface area contributed by atoms with Crippen molar-refractivity contribution in [1.29, 1.82) is 0 Å². The molecule has 0 spiro atoms. The van der Waals surface area contributed by atoms with Gasteiger partial charge >= 0.3 is 0 Å². The predicted molar refractivity (Wildman–Crippen MR) is 90.1 cm³/mol. The largest absolute Gasteiger partial charge is 0.489 e. The summed E-state index contributed by atoms with van der Waals surface area (Å²) < 4.78 is 5.95. The minimum Gasteiger partial charge on any atom is -0.489 e. The fraction of sp³-hybridized carbons (Fsp3) is 0.400. The van der Waals surface area contributed by atoms with Gasteiger partial charge in [-0.25, -0.2) is 9.97 Å². The topological polar surface area (TPSA) is 64.1 Å². The normalized spacial score (nSPS) is 17.5. The summed E-state index contributed by atoms with van der Waals surface area (Å²) >= 11 is 3.30. The van der Waals surface area contributed by atoms with Crippen LogP contribution in [0.1, 0.15) is 28.3 Å². The van der Waals surface area contributed by atoms with E-state index in [2.05, 4.69) is 15.3 Å². The average molecular weight is 335 g/mol. The highest BCUT2D eigenvalue weighted by Gasteiger charge is 2.18. The van der Waals surface area contributed by atoms with Crippen molar-refractivity contribution in [2.45, 2.75) is 26.4 Å². The van der Waals surface area contributed by atoms with Crippen molar-refractivity contribution in [3.63, 3.8) is 0 Å². The number of carbonyl (C=O) groups is 1. The maximum atomic E-state index is 12.3. The number of rotatable bonds is 4. The zero-order valence-corrected chi connectivity index (χ0v) is 14.1. The summed E-state index contributed by atoms with van der Waals surface area (Å²) in [6.45, 7) is 3.75. The Morgan fingerprint density at radius 2 is 2.18 bits per heavy atom. The standard InChI is InChI=1S/C15H17N3O2S2/c1-9-5-12(20-11-3-4-21-8-11)6-13(16-9)14(19)18-15-17-10(2)7-22-15/h5-7,11H,3-4,8H2,1-2H3,(H,17,18,19). The van der Waals surface area contributed by atoms with Gasteiger partial charge in [0.05, 0.1) is 5.69 Å². The molecule has 0 saturated carbocycles. The first kappa shape index (κ1) is 15.3. The van der Waals surface area contributed by atoms with Crippen molar-refractivity contribution in [2.24, 2.45) is 0 Å². The Morgan fingerprint density at radius 1 is 1.32 bits per heavy atom. The Kier molecular flexibility index (Phi) is 4.63. The summed E-state index contributed by atoms with van der Waals surface area (Å²) in [7, 11) is 0. The van der Waals surface area contributed by atoms with Crippen LogP contribution < -0.4 is 10.1 Å². The van der Waals surface area contributed by atoms with E-state index in [9.17, 15) is 4.79 Å². The van der Waals surface area contributed by atoms with Gasteiger partial charge in [0.15, 0.2) is 5.13 Å². The van der Waals surface area contributed by atoms with Crippen molar-refractivity contribution < 1.29 is 9.53 Å². The molecule has 1 saturated heterocycles. The lowest BCUT2D eigenvalue weighted by Crippen LogP contribution is -2.17. The number of aromatic nitrogens is 2. The summed E-state index contributed by atoms with van der Waals surface area (Å²) in [5, 5.41) is 5.25. The molecule has 1 fully saturated rings. The van der Waals surface area contributed by atoms with Crippen molar-refractivity contribution in [3.05, 3.63) is 34.6 Å². The highest BCUT2D eigenvalue weighted by Crippen LogP contribution is 2.24. The van der Waals surface area contributed by atoms with E-state index in [1.807, 2.05) is 37.1 Å². The fourth-order valence-corrected chi connectivity index (χ4v) is 3.97. The lowest BCUT2D eigenvalue weighted by molar-refractivity contribution is 0.102. The van der Waals surface area contributed by atoms with E-state index in [0.29, 0.717) is 16.6 Å². The third-order valence-corrected chi connectivity index (χ3v) is 5.20. The number of hydrogen-bond acceptors (Lipinski definition) is 6. The molecule has 116 valence electrons. The Bertz CT molecular complexity index is 681. The summed E-state index contributed by atoms with van der Waals surface area (Å²) in [4.78, 5) is 20.8. The van der Waals surface area contributed by atoms with Gasteiger partial charge in [0.25, 0.3) is 5.91 Å². The molecule has 1 amide bonds. The minimum atomic E-state index is -0.260. The number of hydrogen-bond donors (Lipinski definition) is 1. The Hall–Kier alpha value is -1.60. The molecule has 2 aromatic heterocycles. The van der Waals surface area contributed by atoms with E-state index in [1.54, 1.807) is 6.07 Å². The third-order valence-electron chi connectivity index (χ3n) is 3.19. The van der Waals surface area contributed by atoms with Crippen LogP contribution in [0.4, 0.5) is 5.13 Å². The summed E-state index contributed by atoms with van der Waals surface area (Å²) in [6, 6.07) is 3.57. The predicted octanol–water partition coefficient (Wildman–Crippen LogP) is 3.29. The second-order valence-corrected chi connectivity index (χ2v) is 7.19. The van der Waals surface area contributed by atoms with E-state index in [0.717, 1.165) is 29.3 Å². The van der Waals surface area contributed by atoms with Crippen LogP contribution in [0.3, 0.4) is 0 Å². The first-order chi connectivity index (χ1) is 10.6. The molecule has 0 radical (unpaired) electrons. The van der Waals surface area contributed by atoms with Gasteiger partial charge < -0.3 is 4.74 Å². The van der Waals surface area contributed by atoms with Crippen LogP contribution >= 0.6 is 23.1 Å². The van der Waals surface area contributed by atoms with E-state index in [1.165, 1.54) is 11.3 Å². The molecule has 3 heterocycles. The smallest absolute Gasteiger partial charge is 0.276 e. The lowest BCUT2D eigenvalue weighted by atomic mass is 10.2. The number of nitrogens with zero attached hydrogens (tertiary/aromatic N) is 2. The molecule has 0 bridgehead atoms. The van der Waals surface area contributed by atoms with Crippen LogP contribution in [0.5, 0.6) is 5.75 Å². The number of pyridine rings is 1. The molecule has 1 atom stereocenters. The zero-order chi connectivity index (χ0) is 15.5. The molecule has 0 aromatic carbocycles. The zero-order valence-electron chi connectivity index (χ0n) is 12.5. The number of thiazole rings is 1. The van der Waals surface area contributed by atoms with Gasteiger partial charge in [-0.1, -0.05) is 0 Å². The summed E-state index contributed by atoms with van der Waals surface area (Å²) in [5.41, 5.74) is 2.01. The maximum Gasteiger partial charge on any atom is 0.276 e. The van der Waals surface area contributed by atoms with Crippen LogP contribution in [0, 0.1) is 13.8 Å².